The Morgan fingerprint density at radius 2 is 1.84 bits per heavy atom. The zero-order valence-electron chi connectivity index (χ0n) is 16.3. The van der Waals surface area contributed by atoms with Gasteiger partial charge in [0.15, 0.2) is 0 Å². The molecule has 2 aromatic heterocycles. The van der Waals surface area contributed by atoms with Crippen molar-refractivity contribution in [2.24, 2.45) is 0 Å². The van der Waals surface area contributed by atoms with Crippen LogP contribution in [-0.2, 0) is 13.1 Å². The fraction of sp³-hybridized carbons (Fsp3) is 0.0909. The van der Waals surface area contributed by atoms with Crippen LogP contribution in [0.4, 0.5) is 15.9 Å². The first-order chi connectivity index (χ1) is 15.1. The summed E-state index contributed by atoms with van der Waals surface area (Å²) in [5.74, 6) is -0.0989. The van der Waals surface area contributed by atoms with E-state index in [0.29, 0.717) is 23.6 Å². The highest BCUT2D eigenvalue weighted by Crippen LogP contribution is 2.20. The van der Waals surface area contributed by atoms with E-state index in [1.54, 1.807) is 41.3 Å². The predicted octanol–water partition coefficient (Wildman–Crippen LogP) is 4.30. The van der Waals surface area contributed by atoms with E-state index >= 15 is 0 Å². The van der Waals surface area contributed by atoms with Gasteiger partial charge in [-0.2, -0.15) is 0 Å². The second-order valence-corrected chi connectivity index (χ2v) is 7.66. The fourth-order valence-corrected chi connectivity index (χ4v) is 3.16. The molecule has 156 valence electrons. The minimum Gasteiger partial charge on any atom is -0.346 e. The molecule has 0 aliphatic heterocycles. The number of carbonyl (C=O) groups excluding carboxylic acids is 1. The van der Waals surface area contributed by atoms with Gasteiger partial charge in [-0.05, 0) is 54.1 Å². The number of rotatable bonds is 7. The Morgan fingerprint density at radius 1 is 1.06 bits per heavy atom. The number of pyridine rings is 1. The number of carbonyl (C=O) groups is 1. The molecule has 2 heterocycles. The van der Waals surface area contributed by atoms with Crippen molar-refractivity contribution in [3.8, 4) is 0 Å². The third-order valence-corrected chi connectivity index (χ3v) is 4.96. The average Bonchev–Trinajstić information content (AvgIpc) is 3.23. The van der Waals surface area contributed by atoms with Gasteiger partial charge in [-0.3, -0.25) is 4.79 Å². The van der Waals surface area contributed by atoms with Gasteiger partial charge in [0, 0.05) is 16.4 Å². The number of nitrogens with one attached hydrogen (secondary N) is 2. The van der Waals surface area contributed by atoms with Crippen molar-refractivity contribution < 1.29 is 9.18 Å². The summed E-state index contributed by atoms with van der Waals surface area (Å²) in [7, 11) is 0. The number of halogens is 2. The molecule has 0 atom stereocenters. The predicted molar refractivity (Wildman–Crippen MR) is 118 cm³/mol. The van der Waals surface area contributed by atoms with Crippen LogP contribution in [-0.4, -0.2) is 25.9 Å². The SMILES string of the molecule is O=C(NCc1cn(Cc2ccc(F)cc2)nn1)c1cccnc1Nc1ccc(Br)cc1. The second-order valence-electron chi connectivity index (χ2n) is 6.75. The third-order valence-electron chi connectivity index (χ3n) is 4.43. The second kappa shape index (κ2) is 9.48. The number of amides is 1. The monoisotopic (exact) mass is 480 g/mol. The Morgan fingerprint density at radius 3 is 2.61 bits per heavy atom. The number of aromatic nitrogens is 4. The highest BCUT2D eigenvalue weighted by molar-refractivity contribution is 9.10. The van der Waals surface area contributed by atoms with Crippen LogP contribution in [0.5, 0.6) is 0 Å². The van der Waals surface area contributed by atoms with Crippen molar-refractivity contribution in [2.75, 3.05) is 5.32 Å². The number of anilines is 2. The van der Waals surface area contributed by atoms with E-state index in [0.717, 1.165) is 15.7 Å². The molecule has 2 aromatic carbocycles. The van der Waals surface area contributed by atoms with Crippen molar-refractivity contribution in [3.63, 3.8) is 0 Å². The van der Waals surface area contributed by atoms with E-state index in [-0.39, 0.29) is 18.3 Å². The molecule has 0 saturated carbocycles. The highest BCUT2D eigenvalue weighted by atomic mass is 79.9. The van der Waals surface area contributed by atoms with Gasteiger partial charge in [0.1, 0.15) is 17.3 Å². The summed E-state index contributed by atoms with van der Waals surface area (Å²) in [5, 5.41) is 14.1. The van der Waals surface area contributed by atoms with Gasteiger partial charge in [0.25, 0.3) is 5.91 Å². The number of hydrogen-bond donors (Lipinski definition) is 2. The Balaban J connectivity index is 1.38. The largest absolute Gasteiger partial charge is 0.346 e. The van der Waals surface area contributed by atoms with Gasteiger partial charge < -0.3 is 10.6 Å². The lowest BCUT2D eigenvalue weighted by atomic mass is 10.2. The van der Waals surface area contributed by atoms with Crippen molar-refractivity contribution in [3.05, 3.63) is 100 Å². The maximum atomic E-state index is 13.0. The summed E-state index contributed by atoms with van der Waals surface area (Å²) in [6.45, 7) is 0.681. The minimum atomic E-state index is -0.282. The van der Waals surface area contributed by atoms with Gasteiger partial charge in [0.2, 0.25) is 0 Å². The third kappa shape index (κ3) is 5.52. The van der Waals surface area contributed by atoms with Crippen molar-refractivity contribution in [2.45, 2.75) is 13.1 Å². The molecule has 0 saturated heterocycles. The van der Waals surface area contributed by atoms with Gasteiger partial charge in [0.05, 0.1) is 24.8 Å². The normalized spacial score (nSPS) is 10.6. The zero-order chi connectivity index (χ0) is 21.6. The first-order valence-corrected chi connectivity index (χ1v) is 10.3. The van der Waals surface area contributed by atoms with Crippen LogP contribution in [0.1, 0.15) is 21.6 Å². The first kappa shape index (κ1) is 20.7. The van der Waals surface area contributed by atoms with E-state index in [1.807, 2.05) is 24.3 Å². The fourth-order valence-electron chi connectivity index (χ4n) is 2.90. The summed E-state index contributed by atoms with van der Waals surface area (Å²) >= 11 is 3.40. The number of benzene rings is 2. The summed E-state index contributed by atoms with van der Waals surface area (Å²) in [6.07, 6.45) is 3.37. The molecule has 9 heteroatoms. The Labute approximate surface area is 186 Å². The first-order valence-electron chi connectivity index (χ1n) is 9.46. The summed E-state index contributed by atoms with van der Waals surface area (Å²) in [4.78, 5) is 17.0. The van der Waals surface area contributed by atoms with E-state index in [4.69, 9.17) is 0 Å². The molecule has 1 amide bonds. The molecule has 0 fully saturated rings. The van der Waals surface area contributed by atoms with E-state index in [1.165, 1.54) is 12.1 Å². The van der Waals surface area contributed by atoms with Gasteiger partial charge >= 0.3 is 0 Å². The van der Waals surface area contributed by atoms with Crippen LogP contribution < -0.4 is 10.6 Å². The van der Waals surface area contributed by atoms with Crippen molar-refractivity contribution in [1.29, 1.82) is 0 Å². The van der Waals surface area contributed by atoms with Crippen molar-refractivity contribution >= 4 is 33.3 Å². The molecule has 0 unspecified atom stereocenters. The number of nitrogens with zero attached hydrogens (tertiary/aromatic N) is 4. The topological polar surface area (TPSA) is 84.7 Å². The lowest BCUT2D eigenvalue weighted by Gasteiger charge is -2.11. The minimum absolute atomic E-state index is 0.217. The van der Waals surface area contributed by atoms with Gasteiger partial charge in [-0.1, -0.05) is 33.3 Å². The summed E-state index contributed by atoms with van der Waals surface area (Å²) in [5.41, 5.74) is 2.76. The molecule has 0 aliphatic rings. The molecule has 4 aromatic rings. The van der Waals surface area contributed by atoms with Crippen molar-refractivity contribution in [1.82, 2.24) is 25.3 Å². The molecule has 0 bridgehead atoms. The molecule has 0 spiro atoms. The molecule has 7 nitrogen and oxygen atoms in total. The Kier molecular flexibility index (Phi) is 6.32. The molecule has 31 heavy (non-hydrogen) atoms. The molecular weight excluding hydrogens is 463 g/mol. The molecule has 2 N–H and O–H groups in total. The maximum Gasteiger partial charge on any atom is 0.255 e. The molecule has 0 radical (unpaired) electrons. The highest BCUT2D eigenvalue weighted by Gasteiger charge is 2.13. The smallest absolute Gasteiger partial charge is 0.255 e. The summed E-state index contributed by atoms with van der Waals surface area (Å²) in [6, 6.07) is 17.2. The van der Waals surface area contributed by atoms with E-state index in [9.17, 15) is 9.18 Å². The molecular formula is C22H18BrFN6O. The summed E-state index contributed by atoms with van der Waals surface area (Å²) < 4.78 is 15.6. The van der Waals surface area contributed by atoms with Gasteiger partial charge in [-0.25, -0.2) is 14.1 Å². The quantitative estimate of drug-likeness (QED) is 0.411. The van der Waals surface area contributed by atoms with Crippen LogP contribution in [0.3, 0.4) is 0 Å². The van der Waals surface area contributed by atoms with Gasteiger partial charge in [-0.15, -0.1) is 5.10 Å². The Bertz CT molecular complexity index is 1180. The van der Waals surface area contributed by atoms with E-state index < -0.39 is 0 Å². The van der Waals surface area contributed by atoms with Crippen LogP contribution >= 0.6 is 15.9 Å². The lowest BCUT2D eigenvalue weighted by molar-refractivity contribution is 0.0951. The van der Waals surface area contributed by atoms with Crippen LogP contribution in [0.25, 0.3) is 0 Å². The lowest BCUT2D eigenvalue weighted by Crippen LogP contribution is -2.24. The standard InChI is InChI=1S/C22H18BrFN6O/c23-16-5-9-18(10-6-16)27-21-20(2-1-11-25-21)22(31)26-12-19-14-30(29-28-19)13-15-3-7-17(24)8-4-15/h1-11,14H,12-13H2,(H,25,27)(H,26,31). The molecule has 0 aliphatic carbocycles. The number of hydrogen-bond acceptors (Lipinski definition) is 5. The maximum absolute atomic E-state index is 13.0. The zero-order valence-corrected chi connectivity index (χ0v) is 17.9. The average molecular weight is 481 g/mol. The van der Waals surface area contributed by atoms with Crippen LogP contribution in [0.15, 0.2) is 77.5 Å². The van der Waals surface area contributed by atoms with E-state index in [2.05, 4.69) is 41.9 Å². The Hall–Kier alpha value is -3.59. The van der Waals surface area contributed by atoms with Crippen LogP contribution in [0, 0.1) is 5.82 Å². The van der Waals surface area contributed by atoms with Crippen LogP contribution in [0.2, 0.25) is 0 Å². The molecule has 4 rings (SSSR count).